The molecule has 0 saturated carbocycles. The maximum atomic E-state index is 5.59. The minimum absolute atomic E-state index is 0.0427. The lowest BCUT2D eigenvalue weighted by atomic mass is 10.1. The second kappa shape index (κ2) is 6.41. The fourth-order valence-corrected chi connectivity index (χ4v) is 2.95. The second-order valence-corrected chi connectivity index (χ2v) is 5.81. The van der Waals surface area contributed by atoms with Crippen LogP contribution in [0.1, 0.15) is 30.8 Å². The van der Waals surface area contributed by atoms with Gasteiger partial charge in [-0.15, -0.1) is 0 Å². The molecule has 3 nitrogen and oxygen atoms in total. The van der Waals surface area contributed by atoms with Crippen molar-refractivity contribution in [2.24, 2.45) is 0 Å². The zero-order chi connectivity index (χ0) is 14.7. The molecule has 3 aromatic rings. The average Bonchev–Trinajstić information content (AvgIpc) is 3.02. The van der Waals surface area contributed by atoms with E-state index in [4.69, 9.17) is 9.40 Å². The van der Waals surface area contributed by atoms with Crippen LogP contribution in [0.4, 0.5) is 0 Å². The number of benzene rings is 1. The standard InChI is InChI=1S/C17H17BrN2O/c1-2-9-19-17(15-8-5-10-21-15)16-13(18)11-12-6-3-4-7-14(12)20-16/h3-8,10-11,17,19H,2,9H2,1H3. The van der Waals surface area contributed by atoms with Gasteiger partial charge in [-0.3, -0.25) is 0 Å². The first-order valence-electron chi connectivity index (χ1n) is 7.11. The van der Waals surface area contributed by atoms with Gasteiger partial charge in [0.1, 0.15) is 11.8 Å². The van der Waals surface area contributed by atoms with Crippen LogP contribution in [0.15, 0.2) is 57.6 Å². The van der Waals surface area contributed by atoms with E-state index in [9.17, 15) is 0 Å². The lowest BCUT2D eigenvalue weighted by Crippen LogP contribution is -2.24. The Balaban J connectivity index is 2.07. The highest BCUT2D eigenvalue weighted by Crippen LogP contribution is 2.30. The molecule has 0 radical (unpaired) electrons. The summed E-state index contributed by atoms with van der Waals surface area (Å²) in [4.78, 5) is 4.81. The van der Waals surface area contributed by atoms with Crippen LogP contribution in [0.25, 0.3) is 10.9 Å². The number of hydrogen-bond acceptors (Lipinski definition) is 3. The molecule has 4 heteroatoms. The molecule has 0 fully saturated rings. The van der Waals surface area contributed by atoms with Crippen LogP contribution in [-0.2, 0) is 0 Å². The Morgan fingerprint density at radius 1 is 1.24 bits per heavy atom. The zero-order valence-corrected chi connectivity index (χ0v) is 13.4. The Bertz CT molecular complexity index is 725. The number of furan rings is 1. The Hall–Kier alpha value is -1.65. The van der Waals surface area contributed by atoms with Crippen molar-refractivity contribution < 1.29 is 4.42 Å². The number of nitrogens with one attached hydrogen (secondary N) is 1. The minimum atomic E-state index is -0.0427. The van der Waals surface area contributed by atoms with Gasteiger partial charge in [0, 0.05) is 9.86 Å². The molecule has 1 atom stereocenters. The van der Waals surface area contributed by atoms with Crippen molar-refractivity contribution >= 4 is 26.8 Å². The molecule has 0 aliphatic rings. The molecule has 0 amide bonds. The first kappa shape index (κ1) is 14.3. The number of fused-ring (bicyclic) bond motifs is 1. The van der Waals surface area contributed by atoms with E-state index in [0.717, 1.165) is 39.8 Å². The van der Waals surface area contributed by atoms with Crippen LogP contribution in [0.3, 0.4) is 0 Å². The van der Waals surface area contributed by atoms with E-state index in [1.54, 1.807) is 6.26 Å². The van der Waals surface area contributed by atoms with E-state index in [1.165, 1.54) is 0 Å². The first-order valence-corrected chi connectivity index (χ1v) is 7.91. The summed E-state index contributed by atoms with van der Waals surface area (Å²) in [7, 11) is 0. The third kappa shape index (κ3) is 3.01. The minimum Gasteiger partial charge on any atom is -0.467 e. The average molecular weight is 345 g/mol. The summed E-state index contributed by atoms with van der Waals surface area (Å²) in [5, 5.41) is 4.63. The quantitative estimate of drug-likeness (QED) is 0.730. The summed E-state index contributed by atoms with van der Waals surface area (Å²) in [6.45, 7) is 3.06. The van der Waals surface area contributed by atoms with Crippen molar-refractivity contribution in [2.75, 3.05) is 6.54 Å². The molecule has 3 rings (SSSR count). The molecular formula is C17H17BrN2O. The highest BCUT2D eigenvalue weighted by atomic mass is 79.9. The van der Waals surface area contributed by atoms with Gasteiger partial charge in [-0.1, -0.05) is 25.1 Å². The van der Waals surface area contributed by atoms with Gasteiger partial charge < -0.3 is 9.73 Å². The summed E-state index contributed by atoms with van der Waals surface area (Å²) in [6.07, 6.45) is 2.76. The van der Waals surface area contributed by atoms with Crippen LogP contribution < -0.4 is 5.32 Å². The maximum Gasteiger partial charge on any atom is 0.126 e. The van der Waals surface area contributed by atoms with Gasteiger partial charge in [-0.25, -0.2) is 4.98 Å². The van der Waals surface area contributed by atoms with Crippen LogP contribution in [0.5, 0.6) is 0 Å². The van der Waals surface area contributed by atoms with E-state index < -0.39 is 0 Å². The normalized spacial score (nSPS) is 12.7. The third-order valence-electron chi connectivity index (χ3n) is 3.40. The SMILES string of the molecule is CCCNC(c1ccco1)c1nc2ccccc2cc1Br. The van der Waals surface area contributed by atoms with E-state index in [1.807, 2.05) is 30.3 Å². The number of nitrogens with zero attached hydrogens (tertiary/aromatic N) is 1. The van der Waals surface area contributed by atoms with Gasteiger partial charge in [0.2, 0.25) is 0 Å². The largest absolute Gasteiger partial charge is 0.467 e. The molecule has 1 unspecified atom stereocenters. The van der Waals surface area contributed by atoms with Gasteiger partial charge in [-0.2, -0.15) is 0 Å². The van der Waals surface area contributed by atoms with Crippen LogP contribution >= 0.6 is 15.9 Å². The van der Waals surface area contributed by atoms with Crippen molar-refractivity contribution in [3.05, 3.63) is 64.7 Å². The van der Waals surface area contributed by atoms with Crippen molar-refractivity contribution in [3.8, 4) is 0 Å². The van der Waals surface area contributed by atoms with Crippen molar-refractivity contribution in [3.63, 3.8) is 0 Å². The fraction of sp³-hybridized carbons (Fsp3) is 0.235. The lowest BCUT2D eigenvalue weighted by molar-refractivity contribution is 0.441. The zero-order valence-electron chi connectivity index (χ0n) is 11.8. The highest BCUT2D eigenvalue weighted by Gasteiger charge is 2.20. The molecule has 0 saturated heterocycles. The Labute approximate surface area is 132 Å². The van der Waals surface area contributed by atoms with E-state index >= 15 is 0 Å². The predicted octanol–water partition coefficient (Wildman–Crippen LogP) is 4.68. The predicted molar refractivity (Wildman–Crippen MR) is 88.3 cm³/mol. The summed E-state index contributed by atoms with van der Waals surface area (Å²) in [6, 6.07) is 14.1. The van der Waals surface area contributed by atoms with Crippen LogP contribution in [0, 0.1) is 0 Å². The molecule has 108 valence electrons. The number of aromatic nitrogens is 1. The highest BCUT2D eigenvalue weighted by molar-refractivity contribution is 9.10. The van der Waals surface area contributed by atoms with Gasteiger partial charge in [0.15, 0.2) is 0 Å². The van der Waals surface area contributed by atoms with Gasteiger partial charge in [0.25, 0.3) is 0 Å². The van der Waals surface area contributed by atoms with Crippen LogP contribution in [-0.4, -0.2) is 11.5 Å². The molecule has 0 spiro atoms. The first-order chi connectivity index (χ1) is 10.3. The molecule has 1 aromatic carbocycles. The summed E-state index contributed by atoms with van der Waals surface area (Å²) in [5.74, 6) is 0.881. The lowest BCUT2D eigenvalue weighted by Gasteiger charge is -2.18. The third-order valence-corrected chi connectivity index (χ3v) is 4.04. The van der Waals surface area contributed by atoms with Crippen LogP contribution in [0.2, 0.25) is 0 Å². The molecule has 2 aromatic heterocycles. The topological polar surface area (TPSA) is 38.1 Å². The number of pyridine rings is 1. The fourth-order valence-electron chi connectivity index (χ4n) is 2.38. The molecule has 0 aliphatic carbocycles. The monoisotopic (exact) mass is 344 g/mol. The van der Waals surface area contributed by atoms with Gasteiger partial charge in [-0.05, 0) is 53.2 Å². The number of rotatable bonds is 5. The second-order valence-electron chi connectivity index (χ2n) is 4.95. The van der Waals surface area contributed by atoms with E-state index in [2.05, 4.69) is 40.3 Å². The Kier molecular flexibility index (Phi) is 4.36. The molecule has 0 aliphatic heterocycles. The molecule has 2 heterocycles. The molecule has 0 bridgehead atoms. The van der Waals surface area contributed by atoms with E-state index in [0.29, 0.717) is 0 Å². The smallest absolute Gasteiger partial charge is 0.126 e. The maximum absolute atomic E-state index is 5.59. The number of halogens is 1. The summed E-state index contributed by atoms with van der Waals surface area (Å²) >= 11 is 3.65. The number of para-hydroxylation sites is 1. The summed E-state index contributed by atoms with van der Waals surface area (Å²) < 4.78 is 6.58. The van der Waals surface area contributed by atoms with Crippen molar-refractivity contribution in [1.82, 2.24) is 10.3 Å². The number of hydrogen-bond donors (Lipinski definition) is 1. The van der Waals surface area contributed by atoms with Gasteiger partial charge >= 0.3 is 0 Å². The van der Waals surface area contributed by atoms with Gasteiger partial charge in [0.05, 0.1) is 17.5 Å². The van der Waals surface area contributed by atoms with Crippen molar-refractivity contribution in [2.45, 2.75) is 19.4 Å². The summed E-state index contributed by atoms with van der Waals surface area (Å²) in [5.41, 5.74) is 1.95. The molecule has 1 N–H and O–H groups in total. The Morgan fingerprint density at radius 2 is 2.10 bits per heavy atom. The molecular weight excluding hydrogens is 328 g/mol. The Morgan fingerprint density at radius 3 is 2.86 bits per heavy atom. The van der Waals surface area contributed by atoms with E-state index in [-0.39, 0.29) is 6.04 Å². The molecule has 21 heavy (non-hydrogen) atoms. The van der Waals surface area contributed by atoms with Crippen molar-refractivity contribution in [1.29, 1.82) is 0 Å².